The molecule has 1 aromatic carbocycles. The second-order valence-electron chi connectivity index (χ2n) is 4.88. The summed E-state index contributed by atoms with van der Waals surface area (Å²) in [6.07, 6.45) is 0. The van der Waals surface area contributed by atoms with Crippen LogP contribution in [0, 0.1) is 11.6 Å². The standard InChI is InChI=1S/C13H14F2N4OS/c1-19-2-3-21-6-11(19)12-17-13(20-18-12)7-4-10(16)9(15)5-8(7)14/h4-5,11H,2-3,6,16H2,1H3. The molecule has 2 heterocycles. The molecule has 1 aromatic heterocycles. The molecule has 0 saturated carbocycles. The van der Waals surface area contributed by atoms with E-state index in [1.807, 2.05) is 18.8 Å². The molecule has 1 aliphatic heterocycles. The number of nitrogens with zero attached hydrogens (tertiary/aromatic N) is 3. The van der Waals surface area contributed by atoms with E-state index in [0.717, 1.165) is 24.1 Å². The second kappa shape index (κ2) is 5.61. The minimum atomic E-state index is -0.806. The summed E-state index contributed by atoms with van der Waals surface area (Å²) in [5, 5.41) is 3.92. The molecule has 112 valence electrons. The van der Waals surface area contributed by atoms with E-state index in [2.05, 4.69) is 15.0 Å². The lowest BCUT2D eigenvalue weighted by Gasteiger charge is -2.29. The van der Waals surface area contributed by atoms with Gasteiger partial charge in [-0.2, -0.15) is 16.7 Å². The molecule has 3 rings (SSSR count). The number of anilines is 1. The Labute approximate surface area is 124 Å². The fraction of sp³-hybridized carbons (Fsp3) is 0.385. The Morgan fingerprint density at radius 1 is 1.38 bits per heavy atom. The second-order valence-corrected chi connectivity index (χ2v) is 6.03. The van der Waals surface area contributed by atoms with E-state index in [1.165, 1.54) is 6.07 Å². The predicted octanol–water partition coefficient (Wildman–Crippen LogP) is 2.32. The zero-order valence-corrected chi connectivity index (χ0v) is 12.2. The third kappa shape index (κ3) is 2.73. The van der Waals surface area contributed by atoms with Crippen molar-refractivity contribution in [2.45, 2.75) is 6.04 Å². The van der Waals surface area contributed by atoms with Gasteiger partial charge < -0.3 is 10.3 Å². The van der Waals surface area contributed by atoms with Crippen molar-refractivity contribution in [3.63, 3.8) is 0 Å². The SMILES string of the molecule is CN1CCSCC1c1noc(-c2cc(N)c(F)cc2F)n1. The number of nitrogens with two attached hydrogens (primary N) is 1. The van der Waals surface area contributed by atoms with Gasteiger partial charge in [-0.1, -0.05) is 5.16 Å². The summed E-state index contributed by atoms with van der Waals surface area (Å²) >= 11 is 1.81. The van der Waals surface area contributed by atoms with Crippen LogP contribution < -0.4 is 5.73 Å². The summed E-state index contributed by atoms with van der Waals surface area (Å²) < 4.78 is 32.1. The summed E-state index contributed by atoms with van der Waals surface area (Å²) in [4.78, 5) is 6.36. The molecule has 0 radical (unpaired) electrons. The quantitative estimate of drug-likeness (QED) is 0.858. The van der Waals surface area contributed by atoms with Crippen molar-refractivity contribution in [1.29, 1.82) is 0 Å². The third-order valence-electron chi connectivity index (χ3n) is 3.45. The van der Waals surface area contributed by atoms with Gasteiger partial charge in [-0.15, -0.1) is 0 Å². The van der Waals surface area contributed by atoms with Crippen LogP contribution >= 0.6 is 11.8 Å². The largest absolute Gasteiger partial charge is 0.396 e. The molecule has 1 atom stereocenters. The van der Waals surface area contributed by atoms with E-state index in [1.54, 1.807) is 0 Å². The monoisotopic (exact) mass is 312 g/mol. The van der Waals surface area contributed by atoms with E-state index in [-0.39, 0.29) is 23.2 Å². The molecular weight excluding hydrogens is 298 g/mol. The molecule has 1 aliphatic rings. The Hall–Kier alpha value is -1.67. The zero-order chi connectivity index (χ0) is 15.0. The van der Waals surface area contributed by atoms with Crippen molar-refractivity contribution in [3.8, 4) is 11.5 Å². The maximum Gasteiger partial charge on any atom is 0.261 e. The fourth-order valence-electron chi connectivity index (χ4n) is 2.17. The van der Waals surface area contributed by atoms with Gasteiger partial charge in [0, 0.05) is 24.1 Å². The van der Waals surface area contributed by atoms with E-state index in [4.69, 9.17) is 10.3 Å². The number of benzene rings is 1. The first-order valence-corrected chi connectivity index (χ1v) is 7.58. The summed E-state index contributed by atoms with van der Waals surface area (Å²) in [5.74, 6) is 0.840. The number of hydrogen-bond donors (Lipinski definition) is 1. The van der Waals surface area contributed by atoms with Gasteiger partial charge in [-0.3, -0.25) is 4.90 Å². The molecule has 0 aliphatic carbocycles. The molecular formula is C13H14F2N4OS. The third-order valence-corrected chi connectivity index (χ3v) is 4.48. The molecule has 5 nitrogen and oxygen atoms in total. The highest BCUT2D eigenvalue weighted by atomic mass is 32.2. The summed E-state index contributed by atoms with van der Waals surface area (Å²) in [5.41, 5.74) is 5.31. The lowest BCUT2D eigenvalue weighted by atomic mass is 10.2. The van der Waals surface area contributed by atoms with E-state index in [9.17, 15) is 8.78 Å². The van der Waals surface area contributed by atoms with Gasteiger partial charge in [0.1, 0.15) is 11.6 Å². The van der Waals surface area contributed by atoms with Crippen LogP contribution in [0.5, 0.6) is 0 Å². The van der Waals surface area contributed by atoms with Crippen molar-refractivity contribution >= 4 is 17.4 Å². The molecule has 1 saturated heterocycles. The van der Waals surface area contributed by atoms with Crippen LogP contribution in [0.2, 0.25) is 0 Å². The Balaban J connectivity index is 1.93. The van der Waals surface area contributed by atoms with Gasteiger partial charge in [-0.05, 0) is 13.1 Å². The van der Waals surface area contributed by atoms with E-state index < -0.39 is 11.6 Å². The van der Waals surface area contributed by atoms with Crippen LogP contribution in [0.3, 0.4) is 0 Å². The van der Waals surface area contributed by atoms with Gasteiger partial charge in [0.05, 0.1) is 17.3 Å². The van der Waals surface area contributed by atoms with Crippen molar-refractivity contribution in [3.05, 3.63) is 29.6 Å². The van der Waals surface area contributed by atoms with Gasteiger partial charge in [0.25, 0.3) is 5.89 Å². The maximum absolute atomic E-state index is 13.8. The smallest absolute Gasteiger partial charge is 0.261 e. The van der Waals surface area contributed by atoms with Crippen LogP contribution in [0.15, 0.2) is 16.7 Å². The minimum absolute atomic E-state index is 0.0122. The topological polar surface area (TPSA) is 68.2 Å². The van der Waals surface area contributed by atoms with Crippen LogP contribution in [0.1, 0.15) is 11.9 Å². The number of halogens is 2. The Morgan fingerprint density at radius 3 is 2.95 bits per heavy atom. The number of hydrogen-bond acceptors (Lipinski definition) is 6. The normalized spacial score (nSPS) is 19.9. The molecule has 2 aromatic rings. The average Bonchev–Trinajstić information content (AvgIpc) is 2.92. The van der Waals surface area contributed by atoms with Crippen molar-refractivity contribution < 1.29 is 13.3 Å². The summed E-state index contributed by atoms with van der Waals surface area (Å²) in [7, 11) is 1.98. The highest BCUT2D eigenvalue weighted by Crippen LogP contribution is 2.30. The van der Waals surface area contributed by atoms with Crippen molar-refractivity contribution in [2.75, 3.05) is 30.8 Å². The molecule has 0 amide bonds. The van der Waals surface area contributed by atoms with E-state index in [0.29, 0.717) is 5.82 Å². The van der Waals surface area contributed by atoms with Gasteiger partial charge >= 0.3 is 0 Å². The molecule has 1 fully saturated rings. The Morgan fingerprint density at radius 2 is 2.19 bits per heavy atom. The van der Waals surface area contributed by atoms with Gasteiger partial charge in [0.15, 0.2) is 5.82 Å². The van der Waals surface area contributed by atoms with Crippen LogP contribution in [0.4, 0.5) is 14.5 Å². The molecule has 21 heavy (non-hydrogen) atoms. The van der Waals surface area contributed by atoms with Crippen LogP contribution in [-0.4, -0.2) is 40.1 Å². The number of aromatic nitrogens is 2. The molecule has 1 unspecified atom stereocenters. The highest BCUT2D eigenvalue weighted by molar-refractivity contribution is 7.99. The highest BCUT2D eigenvalue weighted by Gasteiger charge is 2.26. The number of nitrogen functional groups attached to an aromatic ring is 1. The van der Waals surface area contributed by atoms with Gasteiger partial charge in [0.2, 0.25) is 0 Å². The van der Waals surface area contributed by atoms with Crippen molar-refractivity contribution in [1.82, 2.24) is 15.0 Å². The fourth-order valence-corrected chi connectivity index (χ4v) is 3.38. The molecule has 0 spiro atoms. The predicted molar refractivity (Wildman–Crippen MR) is 76.8 cm³/mol. The average molecular weight is 312 g/mol. The number of thioether (sulfide) groups is 1. The lowest BCUT2D eigenvalue weighted by Crippen LogP contribution is -2.33. The van der Waals surface area contributed by atoms with Gasteiger partial charge in [-0.25, -0.2) is 8.78 Å². The summed E-state index contributed by atoms with van der Waals surface area (Å²) in [6, 6.07) is 1.92. The lowest BCUT2D eigenvalue weighted by molar-refractivity contribution is 0.257. The Bertz CT molecular complexity index is 664. The molecule has 0 bridgehead atoms. The first-order valence-electron chi connectivity index (χ1n) is 6.42. The first kappa shape index (κ1) is 14.3. The first-order chi connectivity index (χ1) is 10.1. The van der Waals surface area contributed by atoms with Crippen LogP contribution in [0.25, 0.3) is 11.5 Å². The Kier molecular flexibility index (Phi) is 3.81. The zero-order valence-electron chi connectivity index (χ0n) is 11.3. The van der Waals surface area contributed by atoms with Crippen LogP contribution in [-0.2, 0) is 0 Å². The van der Waals surface area contributed by atoms with E-state index >= 15 is 0 Å². The molecule has 8 heteroatoms. The molecule has 2 N–H and O–H groups in total. The minimum Gasteiger partial charge on any atom is -0.396 e. The van der Waals surface area contributed by atoms with Crippen molar-refractivity contribution in [2.24, 2.45) is 0 Å². The number of rotatable bonds is 2. The maximum atomic E-state index is 13.8. The summed E-state index contributed by atoms with van der Waals surface area (Å²) in [6.45, 7) is 0.928.